The van der Waals surface area contributed by atoms with Gasteiger partial charge in [-0.1, -0.05) is 40.2 Å². The van der Waals surface area contributed by atoms with Crippen LogP contribution < -0.4 is 0 Å². The van der Waals surface area contributed by atoms with Crippen molar-refractivity contribution in [2.75, 3.05) is 13.7 Å². The highest BCUT2D eigenvalue weighted by Gasteiger charge is 1.92. The van der Waals surface area contributed by atoms with Crippen molar-refractivity contribution in [3.8, 4) is 0 Å². The molecule has 0 aliphatic heterocycles. The summed E-state index contributed by atoms with van der Waals surface area (Å²) in [5.74, 6) is 0. The maximum atomic E-state index is 4.99. The molecule has 0 heterocycles. The number of hydrogen-bond donors (Lipinski definition) is 0. The van der Waals surface area contributed by atoms with Gasteiger partial charge in [0.1, 0.15) is 0 Å². The topological polar surface area (TPSA) is 9.23 Å². The molecule has 1 nitrogen and oxygen atoms in total. The first-order valence-corrected chi connectivity index (χ1v) is 5.11. The lowest BCUT2D eigenvalue weighted by atomic mass is 10.1. The molecular formula is C10H13BrO. The van der Waals surface area contributed by atoms with Gasteiger partial charge in [-0.3, -0.25) is 0 Å². The predicted molar refractivity (Wildman–Crippen MR) is 54.7 cm³/mol. The van der Waals surface area contributed by atoms with Crippen molar-refractivity contribution >= 4 is 15.9 Å². The molecule has 0 N–H and O–H groups in total. The van der Waals surface area contributed by atoms with Crippen molar-refractivity contribution in [2.45, 2.75) is 11.8 Å². The SMILES string of the molecule is COCCc1ccc(CBr)cc1. The minimum absolute atomic E-state index is 0.799. The molecule has 0 fully saturated rings. The highest BCUT2D eigenvalue weighted by atomic mass is 79.9. The molecule has 1 rings (SSSR count). The summed E-state index contributed by atoms with van der Waals surface area (Å²) in [6.07, 6.45) is 0.999. The second-order valence-electron chi connectivity index (χ2n) is 2.69. The summed E-state index contributed by atoms with van der Waals surface area (Å²) in [6.45, 7) is 0.799. The van der Waals surface area contributed by atoms with E-state index in [1.807, 2.05) is 0 Å². The van der Waals surface area contributed by atoms with E-state index in [1.54, 1.807) is 7.11 Å². The molecule has 0 spiro atoms. The molecule has 1 aromatic rings. The molecule has 1 aromatic carbocycles. The molecule has 0 aliphatic rings. The smallest absolute Gasteiger partial charge is 0.0502 e. The maximum absolute atomic E-state index is 4.99. The van der Waals surface area contributed by atoms with Crippen LogP contribution in [0.25, 0.3) is 0 Å². The largest absolute Gasteiger partial charge is 0.384 e. The van der Waals surface area contributed by atoms with Crippen LogP contribution in [-0.4, -0.2) is 13.7 Å². The highest BCUT2D eigenvalue weighted by molar-refractivity contribution is 9.08. The lowest BCUT2D eigenvalue weighted by Crippen LogP contribution is -1.93. The fraction of sp³-hybridized carbons (Fsp3) is 0.400. The molecule has 0 saturated heterocycles. The zero-order chi connectivity index (χ0) is 8.81. The van der Waals surface area contributed by atoms with Crippen LogP contribution >= 0.6 is 15.9 Å². The summed E-state index contributed by atoms with van der Waals surface area (Å²) in [4.78, 5) is 0. The first-order valence-electron chi connectivity index (χ1n) is 3.99. The Morgan fingerprint density at radius 2 is 1.75 bits per heavy atom. The molecule has 0 atom stereocenters. The molecule has 0 unspecified atom stereocenters. The summed E-state index contributed by atoms with van der Waals surface area (Å²) in [7, 11) is 1.73. The number of alkyl halides is 1. The molecule has 0 saturated carbocycles. The minimum atomic E-state index is 0.799. The van der Waals surface area contributed by atoms with Crippen molar-refractivity contribution in [1.82, 2.24) is 0 Å². The molecule has 2 heteroatoms. The molecule has 12 heavy (non-hydrogen) atoms. The van der Waals surface area contributed by atoms with Gasteiger partial charge in [-0.2, -0.15) is 0 Å². The van der Waals surface area contributed by atoms with Crippen molar-refractivity contribution in [2.24, 2.45) is 0 Å². The fourth-order valence-electron chi connectivity index (χ4n) is 1.01. The molecule has 0 bridgehead atoms. The summed E-state index contributed by atoms with van der Waals surface area (Å²) < 4.78 is 4.99. The van der Waals surface area contributed by atoms with Crippen LogP contribution in [0.3, 0.4) is 0 Å². The van der Waals surface area contributed by atoms with E-state index in [-0.39, 0.29) is 0 Å². The average Bonchev–Trinajstić information content (AvgIpc) is 2.15. The number of hydrogen-bond acceptors (Lipinski definition) is 1. The van der Waals surface area contributed by atoms with Crippen molar-refractivity contribution in [1.29, 1.82) is 0 Å². The number of ether oxygens (including phenoxy) is 1. The fourth-order valence-corrected chi connectivity index (χ4v) is 1.39. The Balaban J connectivity index is 2.53. The molecule has 66 valence electrons. The Bertz CT molecular complexity index is 218. The van der Waals surface area contributed by atoms with Gasteiger partial charge in [0.25, 0.3) is 0 Å². The minimum Gasteiger partial charge on any atom is -0.384 e. The molecule has 0 aliphatic carbocycles. The number of halogens is 1. The number of rotatable bonds is 4. The van der Waals surface area contributed by atoms with Crippen molar-refractivity contribution < 1.29 is 4.74 Å². The summed E-state index contributed by atoms with van der Waals surface area (Å²) in [5, 5.41) is 0.928. The van der Waals surface area contributed by atoms with Gasteiger partial charge in [0, 0.05) is 12.4 Å². The van der Waals surface area contributed by atoms with E-state index >= 15 is 0 Å². The molecule has 0 aromatic heterocycles. The van der Waals surface area contributed by atoms with Crippen molar-refractivity contribution in [3.05, 3.63) is 35.4 Å². The lowest BCUT2D eigenvalue weighted by molar-refractivity contribution is 0.202. The second kappa shape index (κ2) is 5.33. The zero-order valence-electron chi connectivity index (χ0n) is 7.22. The Kier molecular flexibility index (Phi) is 4.33. The van der Waals surface area contributed by atoms with Crippen LogP contribution in [0.15, 0.2) is 24.3 Å². The molecule has 0 radical (unpaired) electrons. The van der Waals surface area contributed by atoms with Crippen LogP contribution in [-0.2, 0) is 16.5 Å². The number of methoxy groups -OCH3 is 1. The predicted octanol–water partition coefficient (Wildman–Crippen LogP) is 2.77. The second-order valence-corrected chi connectivity index (χ2v) is 3.25. The van der Waals surface area contributed by atoms with Gasteiger partial charge in [-0.25, -0.2) is 0 Å². The van der Waals surface area contributed by atoms with Crippen LogP contribution in [0.5, 0.6) is 0 Å². The third kappa shape index (κ3) is 2.95. The van der Waals surface area contributed by atoms with E-state index in [0.717, 1.165) is 18.4 Å². The molecular weight excluding hydrogens is 216 g/mol. The van der Waals surface area contributed by atoms with Gasteiger partial charge < -0.3 is 4.74 Å². The Morgan fingerprint density at radius 1 is 1.17 bits per heavy atom. The van der Waals surface area contributed by atoms with Gasteiger partial charge >= 0.3 is 0 Å². The van der Waals surface area contributed by atoms with E-state index in [9.17, 15) is 0 Å². The first kappa shape index (κ1) is 9.75. The normalized spacial score (nSPS) is 10.2. The van der Waals surface area contributed by atoms with Crippen LogP contribution in [0.4, 0.5) is 0 Å². The van der Waals surface area contributed by atoms with Gasteiger partial charge in [0.05, 0.1) is 6.61 Å². The summed E-state index contributed by atoms with van der Waals surface area (Å²) >= 11 is 3.41. The van der Waals surface area contributed by atoms with E-state index in [1.165, 1.54) is 11.1 Å². The first-order chi connectivity index (χ1) is 5.86. The lowest BCUT2D eigenvalue weighted by Gasteiger charge is -2.00. The third-order valence-electron chi connectivity index (χ3n) is 1.77. The van der Waals surface area contributed by atoms with Crippen molar-refractivity contribution in [3.63, 3.8) is 0 Å². The third-order valence-corrected chi connectivity index (χ3v) is 2.42. The van der Waals surface area contributed by atoms with Gasteiger partial charge in [0.15, 0.2) is 0 Å². The quantitative estimate of drug-likeness (QED) is 0.721. The highest BCUT2D eigenvalue weighted by Crippen LogP contribution is 2.08. The van der Waals surface area contributed by atoms with E-state index in [4.69, 9.17) is 4.74 Å². The molecule has 0 amide bonds. The van der Waals surface area contributed by atoms with Crippen LogP contribution in [0, 0.1) is 0 Å². The summed E-state index contributed by atoms with van der Waals surface area (Å²) in [6, 6.07) is 8.57. The average molecular weight is 229 g/mol. The Labute approximate surface area is 81.9 Å². The number of benzene rings is 1. The van der Waals surface area contributed by atoms with Gasteiger partial charge in [-0.15, -0.1) is 0 Å². The van der Waals surface area contributed by atoms with Crippen LogP contribution in [0.2, 0.25) is 0 Å². The Hall–Kier alpha value is -0.340. The van der Waals surface area contributed by atoms with Gasteiger partial charge in [0.2, 0.25) is 0 Å². The van der Waals surface area contributed by atoms with E-state index in [2.05, 4.69) is 40.2 Å². The van der Waals surface area contributed by atoms with E-state index < -0.39 is 0 Å². The van der Waals surface area contributed by atoms with Crippen LogP contribution in [0.1, 0.15) is 11.1 Å². The standard InChI is InChI=1S/C10H13BrO/c1-12-7-6-9-2-4-10(8-11)5-3-9/h2-5H,6-8H2,1H3. The van der Waals surface area contributed by atoms with Gasteiger partial charge in [-0.05, 0) is 17.5 Å². The monoisotopic (exact) mass is 228 g/mol. The zero-order valence-corrected chi connectivity index (χ0v) is 8.80. The van der Waals surface area contributed by atoms with E-state index in [0.29, 0.717) is 0 Å². The summed E-state index contributed by atoms with van der Waals surface area (Å²) in [5.41, 5.74) is 2.65. The maximum Gasteiger partial charge on any atom is 0.0502 e. The Morgan fingerprint density at radius 3 is 2.25 bits per heavy atom.